The maximum atomic E-state index is 11.9. The number of hydrogen-bond acceptors (Lipinski definition) is 6. The maximum absolute atomic E-state index is 11.9. The first kappa shape index (κ1) is 16.1. The van der Waals surface area contributed by atoms with Gasteiger partial charge in [0.25, 0.3) is 0 Å². The molecule has 2 aromatic heterocycles. The Balaban J connectivity index is 2.00. The molecule has 0 spiro atoms. The number of piperidine rings is 1. The molecular formula is C15H20N4O3S. The minimum Gasteiger partial charge on any atom is -0.356 e. The smallest absolute Gasteiger partial charge is 0.211 e. The van der Waals surface area contributed by atoms with Gasteiger partial charge in [-0.15, -0.1) is 0 Å². The van der Waals surface area contributed by atoms with Crippen LogP contribution < -0.4 is 0 Å². The van der Waals surface area contributed by atoms with Gasteiger partial charge in [-0.25, -0.2) is 22.7 Å². The Bertz CT molecular complexity index is 816. The van der Waals surface area contributed by atoms with Gasteiger partial charge in [-0.2, -0.15) is 0 Å². The average molecular weight is 336 g/mol. The van der Waals surface area contributed by atoms with Crippen molar-refractivity contribution in [3.05, 3.63) is 29.5 Å². The minimum atomic E-state index is -3.20. The van der Waals surface area contributed by atoms with Crippen molar-refractivity contribution in [2.45, 2.75) is 32.6 Å². The molecule has 0 aliphatic carbocycles. The van der Waals surface area contributed by atoms with Crippen molar-refractivity contribution in [2.75, 3.05) is 19.3 Å². The average Bonchev–Trinajstić information content (AvgIpc) is 2.93. The van der Waals surface area contributed by atoms with Crippen LogP contribution in [0, 0.1) is 13.8 Å². The Morgan fingerprint density at radius 2 is 2.13 bits per heavy atom. The molecule has 1 aliphatic heterocycles. The normalized spacial score (nSPS) is 19.9. The van der Waals surface area contributed by atoms with Crippen molar-refractivity contribution in [1.82, 2.24) is 19.4 Å². The summed E-state index contributed by atoms with van der Waals surface area (Å²) in [6.45, 7) is 4.69. The molecule has 0 aromatic carbocycles. The third-order valence-electron chi connectivity index (χ3n) is 4.07. The highest BCUT2D eigenvalue weighted by Crippen LogP contribution is 2.33. The summed E-state index contributed by atoms with van der Waals surface area (Å²) in [5, 5.41) is 3.92. The third kappa shape index (κ3) is 3.42. The summed E-state index contributed by atoms with van der Waals surface area (Å²) in [4.78, 5) is 8.84. The molecule has 0 amide bonds. The van der Waals surface area contributed by atoms with Crippen molar-refractivity contribution in [3.8, 4) is 11.3 Å². The fourth-order valence-corrected chi connectivity index (χ4v) is 3.86. The van der Waals surface area contributed by atoms with Crippen molar-refractivity contribution in [1.29, 1.82) is 0 Å². The zero-order valence-corrected chi connectivity index (χ0v) is 14.3. The molecule has 3 heterocycles. The van der Waals surface area contributed by atoms with Crippen LogP contribution in [0.2, 0.25) is 0 Å². The summed E-state index contributed by atoms with van der Waals surface area (Å²) in [6.07, 6.45) is 4.69. The number of rotatable bonds is 3. The topological polar surface area (TPSA) is 89.2 Å². The van der Waals surface area contributed by atoms with E-state index in [9.17, 15) is 8.42 Å². The molecule has 0 saturated carbocycles. The summed E-state index contributed by atoms with van der Waals surface area (Å²) >= 11 is 0. The molecule has 8 heteroatoms. The molecule has 1 saturated heterocycles. The van der Waals surface area contributed by atoms with E-state index in [4.69, 9.17) is 4.52 Å². The lowest BCUT2D eigenvalue weighted by Gasteiger charge is -2.31. The lowest BCUT2D eigenvalue weighted by Crippen LogP contribution is -2.38. The fourth-order valence-electron chi connectivity index (χ4n) is 2.95. The Hall–Kier alpha value is -1.80. The monoisotopic (exact) mass is 336 g/mol. The number of nitrogens with zero attached hydrogens (tertiary/aromatic N) is 4. The molecule has 3 rings (SSSR count). The highest BCUT2D eigenvalue weighted by Gasteiger charge is 2.30. The second-order valence-electron chi connectivity index (χ2n) is 6.01. The van der Waals surface area contributed by atoms with Gasteiger partial charge in [-0.1, -0.05) is 5.16 Å². The van der Waals surface area contributed by atoms with E-state index in [0.29, 0.717) is 24.7 Å². The zero-order valence-electron chi connectivity index (χ0n) is 13.5. The van der Waals surface area contributed by atoms with E-state index >= 15 is 0 Å². The molecule has 124 valence electrons. The van der Waals surface area contributed by atoms with Gasteiger partial charge in [0.2, 0.25) is 10.0 Å². The van der Waals surface area contributed by atoms with Crippen LogP contribution in [0.5, 0.6) is 0 Å². The van der Waals surface area contributed by atoms with Crippen LogP contribution >= 0.6 is 0 Å². The molecule has 0 radical (unpaired) electrons. The van der Waals surface area contributed by atoms with Crippen molar-refractivity contribution in [3.63, 3.8) is 0 Å². The Kier molecular flexibility index (Phi) is 4.20. The standard InChI is InChI=1S/C15H20N4O3S/c1-10-7-14(22-18-10)13-8-16-11(2)17-15(13)12-5-4-6-19(9-12)23(3,20)21/h7-8,12H,4-6,9H2,1-3H3. The van der Waals surface area contributed by atoms with Crippen molar-refractivity contribution >= 4 is 10.0 Å². The van der Waals surface area contributed by atoms with E-state index in [0.717, 1.165) is 29.8 Å². The first-order chi connectivity index (χ1) is 10.8. The van der Waals surface area contributed by atoms with Gasteiger partial charge in [0.1, 0.15) is 5.82 Å². The SMILES string of the molecule is Cc1cc(-c2cnc(C)nc2C2CCCN(S(C)(=O)=O)C2)on1. The Labute approximate surface area is 135 Å². The summed E-state index contributed by atoms with van der Waals surface area (Å²) in [5.41, 5.74) is 2.41. The summed E-state index contributed by atoms with van der Waals surface area (Å²) in [5.74, 6) is 1.31. The van der Waals surface area contributed by atoms with Crippen LogP contribution in [0.3, 0.4) is 0 Å². The highest BCUT2D eigenvalue weighted by molar-refractivity contribution is 7.88. The van der Waals surface area contributed by atoms with E-state index in [1.165, 1.54) is 10.6 Å². The maximum Gasteiger partial charge on any atom is 0.211 e. The minimum absolute atomic E-state index is 0.0283. The predicted octanol–water partition coefficient (Wildman–Crippen LogP) is 1.89. The summed E-state index contributed by atoms with van der Waals surface area (Å²) in [7, 11) is -3.20. The van der Waals surface area contributed by atoms with E-state index in [2.05, 4.69) is 15.1 Å². The van der Waals surface area contributed by atoms with E-state index in [-0.39, 0.29) is 5.92 Å². The van der Waals surface area contributed by atoms with Crippen LogP contribution in [-0.4, -0.2) is 47.2 Å². The summed E-state index contributed by atoms with van der Waals surface area (Å²) in [6, 6.07) is 1.84. The summed E-state index contributed by atoms with van der Waals surface area (Å²) < 4.78 is 30.6. The van der Waals surface area contributed by atoms with Gasteiger partial charge in [0.15, 0.2) is 5.76 Å². The van der Waals surface area contributed by atoms with Crippen LogP contribution in [-0.2, 0) is 10.0 Å². The van der Waals surface area contributed by atoms with Crippen LogP contribution in [0.4, 0.5) is 0 Å². The number of aryl methyl sites for hydroxylation is 2. The lowest BCUT2D eigenvalue weighted by atomic mass is 9.92. The second kappa shape index (κ2) is 6.01. The lowest BCUT2D eigenvalue weighted by molar-refractivity contribution is 0.314. The molecule has 23 heavy (non-hydrogen) atoms. The zero-order chi connectivity index (χ0) is 16.6. The molecule has 2 aromatic rings. The molecule has 1 aliphatic rings. The van der Waals surface area contributed by atoms with Crippen molar-refractivity contribution < 1.29 is 12.9 Å². The third-order valence-corrected chi connectivity index (χ3v) is 5.34. The molecule has 1 unspecified atom stereocenters. The Morgan fingerprint density at radius 1 is 1.35 bits per heavy atom. The predicted molar refractivity (Wildman–Crippen MR) is 85.4 cm³/mol. The van der Waals surface area contributed by atoms with Gasteiger partial charge in [0, 0.05) is 31.3 Å². The quantitative estimate of drug-likeness (QED) is 0.850. The molecule has 0 bridgehead atoms. The fraction of sp³-hybridized carbons (Fsp3) is 0.533. The van der Waals surface area contributed by atoms with Gasteiger partial charge < -0.3 is 4.52 Å². The highest BCUT2D eigenvalue weighted by atomic mass is 32.2. The Morgan fingerprint density at radius 3 is 2.78 bits per heavy atom. The van der Waals surface area contributed by atoms with E-state index < -0.39 is 10.0 Å². The van der Waals surface area contributed by atoms with Gasteiger partial charge in [0.05, 0.1) is 23.2 Å². The van der Waals surface area contributed by atoms with Crippen LogP contribution in [0.15, 0.2) is 16.8 Å². The molecule has 7 nitrogen and oxygen atoms in total. The molecule has 1 atom stereocenters. The van der Waals surface area contributed by atoms with Gasteiger partial charge in [-0.3, -0.25) is 0 Å². The van der Waals surface area contributed by atoms with Gasteiger partial charge in [-0.05, 0) is 26.7 Å². The first-order valence-electron chi connectivity index (χ1n) is 7.57. The van der Waals surface area contributed by atoms with E-state index in [1.54, 1.807) is 6.20 Å². The first-order valence-corrected chi connectivity index (χ1v) is 9.42. The number of hydrogen-bond donors (Lipinski definition) is 0. The second-order valence-corrected chi connectivity index (χ2v) is 7.99. The molecule has 1 fully saturated rings. The number of aromatic nitrogens is 3. The van der Waals surface area contributed by atoms with E-state index in [1.807, 2.05) is 19.9 Å². The van der Waals surface area contributed by atoms with Crippen molar-refractivity contribution in [2.24, 2.45) is 0 Å². The molecular weight excluding hydrogens is 316 g/mol. The van der Waals surface area contributed by atoms with Crippen LogP contribution in [0.1, 0.15) is 36.0 Å². The number of sulfonamides is 1. The molecule has 0 N–H and O–H groups in total. The largest absolute Gasteiger partial charge is 0.356 e. The van der Waals surface area contributed by atoms with Crippen LogP contribution in [0.25, 0.3) is 11.3 Å². The van der Waals surface area contributed by atoms with Gasteiger partial charge >= 0.3 is 0 Å².